The summed E-state index contributed by atoms with van der Waals surface area (Å²) >= 11 is 5.52. The standard InChI is InChI=1S/C5H12ClN2O2P/c6-3-1-5-2-4-10-11(7,9)8-5/h5H,1-4H2,(H3,7,8,9). The van der Waals surface area contributed by atoms with Crippen molar-refractivity contribution < 1.29 is 9.09 Å². The Labute approximate surface area is 71.0 Å². The average Bonchev–Trinajstić information content (AvgIpc) is 1.85. The second-order valence-electron chi connectivity index (χ2n) is 2.52. The van der Waals surface area contributed by atoms with Gasteiger partial charge >= 0.3 is 7.67 Å². The van der Waals surface area contributed by atoms with Crippen LogP contribution < -0.4 is 10.6 Å². The van der Waals surface area contributed by atoms with Crippen LogP contribution in [0.5, 0.6) is 0 Å². The van der Waals surface area contributed by atoms with E-state index < -0.39 is 7.67 Å². The first-order valence-electron chi connectivity index (χ1n) is 3.51. The number of hydrogen-bond donors (Lipinski definition) is 2. The summed E-state index contributed by atoms with van der Waals surface area (Å²) in [4.78, 5) is 0. The van der Waals surface area contributed by atoms with Gasteiger partial charge in [0.2, 0.25) is 0 Å². The molecule has 0 spiro atoms. The molecule has 0 aromatic heterocycles. The summed E-state index contributed by atoms with van der Waals surface area (Å²) in [6.45, 7) is 0.461. The summed E-state index contributed by atoms with van der Waals surface area (Å²) in [5, 5.41) is 2.72. The molecule has 3 N–H and O–H groups in total. The number of nitrogens with one attached hydrogen (secondary N) is 1. The van der Waals surface area contributed by atoms with E-state index in [9.17, 15) is 4.57 Å². The lowest BCUT2D eigenvalue weighted by molar-refractivity contribution is 0.248. The maximum Gasteiger partial charge on any atom is 0.338 e. The van der Waals surface area contributed by atoms with E-state index in [-0.39, 0.29) is 6.04 Å². The highest BCUT2D eigenvalue weighted by Crippen LogP contribution is 2.37. The number of halogens is 1. The minimum atomic E-state index is -2.98. The molecule has 1 aliphatic heterocycles. The average molecular weight is 199 g/mol. The molecule has 66 valence electrons. The Morgan fingerprint density at radius 3 is 3.09 bits per heavy atom. The van der Waals surface area contributed by atoms with Crippen LogP contribution in [0.15, 0.2) is 0 Å². The molecule has 1 saturated heterocycles. The fourth-order valence-corrected chi connectivity index (χ4v) is 2.51. The Hall–Kier alpha value is 0.400. The van der Waals surface area contributed by atoms with Crippen LogP contribution in [0.1, 0.15) is 12.8 Å². The van der Waals surface area contributed by atoms with Crippen LogP contribution in [0.4, 0.5) is 0 Å². The van der Waals surface area contributed by atoms with Gasteiger partial charge in [-0.15, -0.1) is 11.6 Å². The highest BCUT2D eigenvalue weighted by molar-refractivity contribution is 7.54. The van der Waals surface area contributed by atoms with Crippen LogP contribution >= 0.6 is 19.3 Å². The molecule has 2 atom stereocenters. The minimum Gasteiger partial charge on any atom is -0.306 e. The Kier molecular flexibility index (Phi) is 3.34. The molecule has 0 aromatic carbocycles. The van der Waals surface area contributed by atoms with Crippen molar-refractivity contribution in [1.29, 1.82) is 0 Å². The fourth-order valence-electron chi connectivity index (χ4n) is 1.03. The second-order valence-corrected chi connectivity index (χ2v) is 4.61. The van der Waals surface area contributed by atoms with Crippen LogP contribution in [0.3, 0.4) is 0 Å². The van der Waals surface area contributed by atoms with Gasteiger partial charge in [0, 0.05) is 11.9 Å². The lowest BCUT2D eigenvalue weighted by atomic mass is 10.2. The van der Waals surface area contributed by atoms with Gasteiger partial charge in [-0.25, -0.2) is 10.6 Å². The summed E-state index contributed by atoms with van der Waals surface area (Å²) in [7, 11) is -2.98. The van der Waals surface area contributed by atoms with Crippen LogP contribution in [-0.4, -0.2) is 18.5 Å². The summed E-state index contributed by atoms with van der Waals surface area (Å²) in [6, 6.07) is 0.150. The third-order valence-electron chi connectivity index (χ3n) is 1.57. The number of nitrogens with two attached hydrogens (primary N) is 1. The van der Waals surface area contributed by atoms with Crippen molar-refractivity contribution in [2.24, 2.45) is 5.50 Å². The van der Waals surface area contributed by atoms with Gasteiger partial charge in [-0.05, 0) is 12.8 Å². The molecule has 1 aliphatic rings. The van der Waals surface area contributed by atoms with Crippen molar-refractivity contribution in [3.63, 3.8) is 0 Å². The van der Waals surface area contributed by atoms with Crippen molar-refractivity contribution in [3.8, 4) is 0 Å². The van der Waals surface area contributed by atoms with Crippen molar-refractivity contribution in [3.05, 3.63) is 0 Å². The lowest BCUT2D eigenvalue weighted by Crippen LogP contribution is -2.36. The number of alkyl halides is 1. The Bertz CT molecular complexity index is 176. The fraction of sp³-hybridized carbons (Fsp3) is 1.00. The molecule has 0 aromatic rings. The third-order valence-corrected chi connectivity index (χ3v) is 3.08. The van der Waals surface area contributed by atoms with Gasteiger partial charge in [0.1, 0.15) is 0 Å². The summed E-state index contributed by atoms with van der Waals surface area (Å²) < 4.78 is 15.9. The highest BCUT2D eigenvalue weighted by atomic mass is 35.5. The summed E-state index contributed by atoms with van der Waals surface area (Å²) in [5.41, 5.74) is 5.28. The molecular weight excluding hydrogens is 186 g/mol. The van der Waals surface area contributed by atoms with E-state index in [0.29, 0.717) is 12.5 Å². The first-order chi connectivity index (χ1) is 5.14. The van der Waals surface area contributed by atoms with E-state index in [1.165, 1.54) is 0 Å². The van der Waals surface area contributed by atoms with Crippen LogP contribution in [0, 0.1) is 0 Å². The van der Waals surface area contributed by atoms with Gasteiger partial charge in [0.25, 0.3) is 0 Å². The number of rotatable bonds is 2. The SMILES string of the molecule is NP1(=O)NC(CCCl)CCO1. The zero-order chi connectivity index (χ0) is 8.32. The Balaban J connectivity index is 2.40. The molecule has 0 bridgehead atoms. The molecule has 11 heavy (non-hydrogen) atoms. The normalized spacial score (nSPS) is 38.9. The maximum atomic E-state index is 11.1. The van der Waals surface area contributed by atoms with Crippen molar-refractivity contribution in [1.82, 2.24) is 5.09 Å². The second kappa shape index (κ2) is 3.87. The maximum absolute atomic E-state index is 11.1. The first-order valence-corrected chi connectivity index (χ1v) is 5.74. The first kappa shape index (κ1) is 9.49. The Morgan fingerprint density at radius 2 is 2.55 bits per heavy atom. The number of hydrogen-bond acceptors (Lipinski definition) is 2. The molecule has 0 amide bonds. The van der Waals surface area contributed by atoms with E-state index in [4.69, 9.17) is 21.6 Å². The molecule has 0 aliphatic carbocycles. The van der Waals surface area contributed by atoms with Gasteiger partial charge in [-0.2, -0.15) is 0 Å². The van der Waals surface area contributed by atoms with E-state index in [1.807, 2.05) is 0 Å². The van der Waals surface area contributed by atoms with Crippen LogP contribution in [-0.2, 0) is 9.09 Å². The van der Waals surface area contributed by atoms with Crippen molar-refractivity contribution in [2.45, 2.75) is 18.9 Å². The van der Waals surface area contributed by atoms with Gasteiger partial charge in [-0.1, -0.05) is 0 Å². The quantitative estimate of drug-likeness (QED) is 0.515. The van der Waals surface area contributed by atoms with Gasteiger partial charge in [0.05, 0.1) is 6.61 Å². The van der Waals surface area contributed by atoms with Gasteiger partial charge < -0.3 is 4.52 Å². The van der Waals surface area contributed by atoms with E-state index >= 15 is 0 Å². The molecule has 2 unspecified atom stereocenters. The van der Waals surface area contributed by atoms with Crippen LogP contribution in [0.2, 0.25) is 0 Å². The summed E-state index contributed by atoms with van der Waals surface area (Å²) in [5.74, 6) is 0.553. The monoisotopic (exact) mass is 198 g/mol. The predicted molar refractivity (Wildman–Crippen MR) is 44.6 cm³/mol. The Morgan fingerprint density at radius 1 is 1.82 bits per heavy atom. The van der Waals surface area contributed by atoms with Gasteiger partial charge in [-0.3, -0.25) is 4.57 Å². The topological polar surface area (TPSA) is 64.4 Å². The van der Waals surface area contributed by atoms with Crippen molar-refractivity contribution >= 4 is 19.3 Å². The molecule has 1 rings (SSSR count). The lowest BCUT2D eigenvalue weighted by Gasteiger charge is -2.27. The van der Waals surface area contributed by atoms with E-state index in [2.05, 4.69) is 5.09 Å². The zero-order valence-corrected chi connectivity index (χ0v) is 7.78. The van der Waals surface area contributed by atoms with Crippen molar-refractivity contribution in [2.75, 3.05) is 12.5 Å². The van der Waals surface area contributed by atoms with E-state index in [1.54, 1.807) is 0 Å². The summed E-state index contributed by atoms with van der Waals surface area (Å²) in [6.07, 6.45) is 1.61. The molecule has 0 radical (unpaired) electrons. The molecule has 4 nitrogen and oxygen atoms in total. The van der Waals surface area contributed by atoms with Gasteiger partial charge in [0.15, 0.2) is 0 Å². The minimum absolute atomic E-state index is 0.150. The molecule has 1 fully saturated rings. The van der Waals surface area contributed by atoms with E-state index in [0.717, 1.165) is 12.8 Å². The molecule has 0 saturated carbocycles. The highest BCUT2D eigenvalue weighted by Gasteiger charge is 2.26. The smallest absolute Gasteiger partial charge is 0.306 e. The molecule has 1 heterocycles. The molecule has 6 heteroatoms. The largest absolute Gasteiger partial charge is 0.338 e. The molecular formula is C5H12ClN2O2P. The predicted octanol–water partition coefficient (Wildman–Crippen LogP) is 1.06. The van der Waals surface area contributed by atoms with Crippen LogP contribution in [0.25, 0.3) is 0 Å². The third kappa shape index (κ3) is 3.09. The zero-order valence-electron chi connectivity index (χ0n) is 6.12.